The van der Waals surface area contributed by atoms with E-state index in [0.717, 1.165) is 0 Å². The summed E-state index contributed by atoms with van der Waals surface area (Å²) in [6.07, 6.45) is 2.00. The zero-order valence-electron chi connectivity index (χ0n) is 7.48. The molecule has 0 atom stereocenters. The summed E-state index contributed by atoms with van der Waals surface area (Å²) in [6, 6.07) is 0. The van der Waals surface area contributed by atoms with Crippen molar-refractivity contribution in [2.24, 2.45) is 0 Å². The highest BCUT2D eigenvalue weighted by Crippen LogP contribution is 2.26. The molecule has 0 spiro atoms. The minimum absolute atomic E-state index is 0.0515. The van der Waals surface area contributed by atoms with Gasteiger partial charge in [0.25, 0.3) is 0 Å². The summed E-state index contributed by atoms with van der Waals surface area (Å²) in [6.45, 7) is -1.05. The Morgan fingerprint density at radius 1 is 1.46 bits per heavy atom. The quantitative estimate of drug-likeness (QED) is 0.683. The van der Waals surface area contributed by atoms with Crippen LogP contribution in [0.15, 0.2) is 11.3 Å². The number of halogens is 2. The number of hydrogen-bond acceptors (Lipinski definition) is 2. The van der Waals surface area contributed by atoms with E-state index in [0.29, 0.717) is 31.3 Å². The van der Waals surface area contributed by atoms with E-state index in [4.69, 9.17) is 0 Å². The lowest BCUT2D eigenvalue weighted by molar-refractivity contribution is -0.119. The van der Waals surface area contributed by atoms with Gasteiger partial charge in [-0.3, -0.25) is 4.79 Å². The van der Waals surface area contributed by atoms with E-state index in [-0.39, 0.29) is 11.5 Å². The van der Waals surface area contributed by atoms with Gasteiger partial charge >= 0.3 is 6.61 Å². The third-order valence-electron chi connectivity index (χ3n) is 2.07. The largest absolute Gasteiger partial charge is 0.439 e. The molecule has 1 aliphatic carbocycles. The summed E-state index contributed by atoms with van der Waals surface area (Å²) in [5.41, 5.74) is 0.437. The van der Waals surface area contributed by atoms with Gasteiger partial charge in [0, 0.05) is 18.4 Å². The highest BCUT2D eigenvalue weighted by Gasteiger charge is 2.22. The van der Waals surface area contributed by atoms with Crippen LogP contribution < -0.4 is 0 Å². The lowest BCUT2D eigenvalue weighted by atomic mass is 9.95. The molecule has 0 aromatic carbocycles. The van der Waals surface area contributed by atoms with Crippen LogP contribution in [0.1, 0.15) is 32.6 Å². The molecule has 1 rings (SSSR count). The predicted octanol–water partition coefficient (Wildman–Crippen LogP) is 2.64. The van der Waals surface area contributed by atoms with Crippen LogP contribution in [-0.2, 0) is 9.53 Å². The molecule has 0 unspecified atom stereocenters. The highest BCUT2D eigenvalue weighted by atomic mass is 19.3. The van der Waals surface area contributed by atoms with E-state index in [1.807, 2.05) is 0 Å². The van der Waals surface area contributed by atoms with Crippen molar-refractivity contribution in [2.45, 2.75) is 39.2 Å². The first-order valence-corrected chi connectivity index (χ1v) is 4.35. The fourth-order valence-corrected chi connectivity index (χ4v) is 1.50. The summed E-state index contributed by atoms with van der Waals surface area (Å²) in [5, 5.41) is 0. The van der Waals surface area contributed by atoms with Gasteiger partial charge in [-0.05, 0) is 12.8 Å². The first-order chi connectivity index (χ1) is 6.15. The number of ketones is 1. The minimum atomic E-state index is -2.82. The van der Waals surface area contributed by atoms with Gasteiger partial charge in [0.1, 0.15) is 5.76 Å². The molecule has 0 bridgehead atoms. The van der Waals surface area contributed by atoms with Gasteiger partial charge in [0.2, 0.25) is 0 Å². The number of rotatable bonds is 3. The second-order valence-electron chi connectivity index (χ2n) is 2.91. The molecule has 13 heavy (non-hydrogen) atoms. The van der Waals surface area contributed by atoms with Crippen molar-refractivity contribution < 1.29 is 18.3 Å². The van der Waals surface area contributed by atoms with Gasteiger partial charge in [-0.2, -0.15) is 8.78 Å². The molecule has 1 aliphatic rings. The molecule has 0 fully saturated rings. The molecule has 0 saturated heterocycles. The fraction of sp³-hybridized carbons (Fsp3) is 0.667. The molecule has 0 heterocycles. The summed E-state index contributed by atoms with van der Waals surface area (Å²) >= 11 is 0. The van der Waals surface area contributed by atoms with Gasteiger partial charge in [-0.15, -0.1) is 0 Å². The molecule has 74 valence electrons. The second kappa shape index (κ2) is 4.35. The summed E-state index contributed by atoms with van der Waals surface area (Å²) < 4.78 is 28.1. The van der Waals surface area contributed by atoms with Crippen LogP contribution in [0.5, 0.6) is 0 Å². The summed E-state index contributed by atoms with van der Waals surface area (Å²) in [5.74, 6) is 0.137. The van der Waals surface area contributed by atoms with Crippen LogP contribution in [0.4, 0.5) is 8.78 Å². The lowest BCUT2D eigenvalue weighted by Gasteiger charge is -2.18. The summed E-state index contributed by atoms with van der Waals surface area (Å²) in [7, 11) is 0. The number of Topliss-reactive ketones (excluding diaryl/α,β-unsaturated/α-hetero) is 1. The predicted molar refractivity (Wildman–Crippen MR) is 43.3 cm³/mol. The smallest absolute Gasteiger partial charge is 0.387 e. The SMILES string of the molecule is CCC1=C(OC(F)F)CCCC1=O. The van der Waals surface area contributed by atoms with Gasteiger partial charge in [0.15, 0.2) is 5.78 Å². The van der Waals surface area contributed by atoms with E-state index in [9.17, 15) is 13.6 Å². The van der Waals surface area contributed by atoms with E-state index in [1.54, 1.807) is 6.92 Å². The number of ether oxygens (including phenoxy) is 1. The van der Waals surface area contributed by atoms with Crippen LogP contribution >= 0.6 is 0 Å². The standard InChI is InChI=1S/C9H12F2O2/c1-2-6-7(12)4-3-5-8(6)13-9(10)11/h9H,2-5H2,1H3. The number of allylic oxidation sites excluding steroid dienone is 2. The third kappa shape index (κ3) is 2.50. The average molecular weight is 190 g/mol. The highest BCUT2D eigenvalue weighted by molar-refractivity contribution is 5.96. The van der Waals surface area contributed by atoms with Crippen molar-refractivity contribution in [3.05, 3.63) is 11.3 Å². The van der Waals surface area contributed by atoms with Crippen LogP contribution in [-0.4, -0.2) is 12.4 Å². The molecule has 0 radical (unpaired) electrons. The zero-order valence-corrected chi connectivity index (χ0v) is 7.48. The Labute approximate surface area is 75.6 Å². The van der Waals surface area contributed by atoms with E-state index < -0.39 is 6.61 Å². The van der Waals surface area contributed by atoms with Gasteiger partial charge in [-0.25, -0.2) is 0 Å². The van der Waals surface area contributed by atoms with Gasteiger partial charge in [0.05, 0.1) is 0 Å². The molecule has 2 nitrogen and oxygen atoms in total. The van der Waals surface area contributed by atoms with Crippen molar-refractivity contribution in [1.29, 1.82) is 0 Å². The number of carbonyl (C=O) groups excluding carboxylic acids is 1. The van der Waals surface area contributed by atoms with Crippen LogP contribution in [0.2, 0.25) is 0 Å². The number of hydrogen-bond donors (Lipinski definition) is 0. The van der Waals surface area contributed by atoms with Gasteiger partial charge < -0.3 is 4.74 Å². The average Bonchev–Trinajstić information content (AvgIpc) is 2.03. The first-order valence-electron chi connectivity index (χ1n) is 4.35. The lowest BCUT2D eigenvalue weighted by Crippen LogP contribution is -2.14. The normalized spacial score (nSPS) is 18.3. The monoisotopic (exact) mass is 190 g/mol. The number of carbonyl (C=O) groups is 1. The maximum atomic E-state index is 11.9. The Morgan fingerprint density at radius 3 is 2.69 bits per heavy atom. The molecule has 0 aliphatic heterocycles. The van der Waals surface area contributed by atoms with Crippen molar-refractivity contribution in [3.63, 3.8) is 0 Å². The van der Waals surface area contributed by atoms with Crippen LogP contribution in [0, 0.1) is 0 Å². The Hall–Kier alpha value is -0.930. The van der Waals surface area contributed by atoms with Crippen molar-refractivity contribution in [3.8, 4) is 0 Å². The maximum absolute atomic E-state index is 11.9. The maximum Gasteiger partial charge on any atom is 0.387 e. The Morgan fingerprint density at radius 2 is 2.15 bits per heavy atom. The van der Waals surface area contributed by atoms with Gasteiger partial charge in [-0.1, -0.05) is 6.92 Å². The summed E-state index contributed by atoms with van der Waals surface area (Å²) in [4.78, 5) is 11.2. The molecule has 0 N–H and O–H groups in total. The third-order valence-corrected chi connectivity index (χ3v) is 2.07. The Balaban J connectivity index is 2.80. The van der Waals surface area contributed by atoms with Crippen molar-refractivity contribution in [2.75, 3.05) is 0 Å². The van der Waals surface area contributed by atoms with Crippen LogP contribution in [0.25, 0.3) is 0 Å². The molecule has 0 amide bonds. The molecular formula is C9H12F2O2. The Bertz CT molecular complexity index is 234. The van der Waals surface area contributed by atoms with E-state index in [2.05, 4.69) is 4.74 Å². The molecule has 0 aromatic heterocycles. The molecule has 4 heteroatoms. The van der Waals surface area contributed by atoms with Crippen molar-refractivity contribution in [1.82, 2.24) is 0 Å². The molecule has 0 saturated carbocycles. The van der Waals surface area contributed by atoms with Crippen LogP contribution in [0.3, 0.4) is 0 Å². The fourth-order valence-electron chi connectivity index (χ4n) is 1.50. The molecular weight excluding hydrogens is 178 g/mol. The Kier molecular flexibility index (Phi) is 3.39. The van der Waals surface area contributed by atoms with E-state index >= 15 is 0 Å². The van der Waals surface area contributed by atoms with E-state index in [1.165, 1.54) is 0 Å². The topological polar surface area (TPSA) is 26.3 Å². The zero-order chi connectivity index (χ0) is 9.84. The minimum Gasteiger partial charge on any atom is -0.439 e. The first kappa shape index (κ1) is 10.2. The molecule has 0 aromatic rings. The second-order valence-corrected chi connectivity index (χ2v) is 2.91. The van der Waals surface area contributed by atoms with Crippen molar-refractivity contribution >= 4 is 5.78 Å². The number of alkyl halides is 2.